The SMILES string of the molecule is CCCC[C@H](NC(=O)c1cccc(S(=O)(=O)N(C)C(C)C)c1)C(=O)O. The van der Waals surface area contributed by atoms with Gasteiger partial charge < -0.3 is 10.4 Å². The summed E-state index contributed by atoms with van der Waals surface area (Å²) in [6, 6.07) is 4.39. The van der Waals surface area contributed by atoms with E-state index < -0.39 is 27.9 Å². The number of benzene rings is 1. The number of aliphatic carboxylic acids is 1. The first kappa shape index (κ1) is 21.1. The second kappa shape index (κ2) is 8.96. The molecule has 0 saturated heterocycles. The molecule has 1 amide bonds. The third-order valence-electron chi connectivity index (χ3n) is 3.95. The van der Waals surface area contributed by atoms with Crippen LogP contribution in [0, 0.1) is 0 Å². The molecule has 1 aromatic rings. The summed E-state index contributed by atoms with van der Waals surface area (Å²) in [4.78, 5) is 23.6. The molecule has 0 unspecified atom stereocenters. The molecule has 0 aromatic heterocycles. The largest absolute Gasteiger partial charge is 0.480 e. The average molecular weight is 370 g/mol. The van der Waals surface area contributed by atoms with Gasteiger partial charge in [0.05, 0.1) is 4.90 Å². The van der Waals surface area contributed by atoms with Crippen molar-refractivity contribution < 1.29 is 23.1 Å². The Hall–Kier alpha value is -1.93. The molecule has 140 valence electrons. The normalized spacial score (nSPS) is 13.0. The van der Waals surface area contributed by atoms with E-state index in [-0.39, 0.29) is 16.5 Å². The van der Waals surface area contributed by atoms with Gasteiger partial charge in [-0.2, -0.15) is 4.31 Å². The maximum atomic E-state index is 12.5. The molecule has 7 nitrogen and oxygen atoms in total. The Morgan fingerprint density at radius 3 is 2.44 bits per heavy atom. The standard InChI is InChI=1S/C17H26N2O5S/c1-5-6-10-15(17(21)22)18-16(20)13-8-7-9-14(11-13)25(23,24)19(4)12(2)3/h7-9,11-12,15H,5-6,10H2,1-4H3,(H,18,20)(H,21,22)/t15-/m0/s1. The van der Waals surface area contributed by atoms with Crippen LogP contribution in [0.25, 0.3) is 0 Å². The molecule has 0 saturated carbocycles. The molecule has 2 N–H and O–H groups in total. The van der Waals surface area contributed by atoms with E-state index in [2.05, 4.69) is 5.32 Å². The molecule has 0 bridgehead atoms. The highest BCUT2D eigenvalue weighted by Crippen LogP contribution is 2.18. The zero-order valence-corrected chi connectivity index (χ0v) is 15.8. The number of carboxylic acid groups (broad SMARTS) is 1. The number of rotatable bonds is 9. The van der Waals surface area contributed by atoms with Crippen LogP contribution >= 0.6 is 0 Å². The van der Waals surface area contributed by atoms with Gasteiger partial charge in [-0.1, -0.05) is 25.8 Å². The number of nitrogens with one attached hydrogen (secondary N) is 1. The van der Waals surface area contributed by atoms with Crippen LogP contribution < -0.4 is 5.32 Å². The van der Waals surface area contributed by atoms with Crippen LogP contribution in [0.1, 0.15) is 50.4 Å². The van der Waals surface area contributed by atoms with Crippen LogP contribution in [-0.2, 0) is 14.8 Å². The Balaban J connectivity index is 3.04. The van der Waals surface area contributed by atoms with Crippen molar-refractivity contribution >= 4 is 21.9 Å². The van der Waals surface area contributed by atoms with E-state index in [4.69, 9.17) is 0 Å². The van der Waals surface area contributed by atoms with E-state index in [1.54, 1.807) is 13.8 Å². The van der Waals surface area contributed by atoms with Crippen LogP contribution in [0.3, 0.4) is 0 Å². The molecule has 0 radical (unpaired) electrons. The third-order valence-corrected chi connectivity index (χ3v) is 5.98. The molecule has 25 heavy (non-hydrogen) atoms. The fraction of sp³-hybridized carbons (Fsp3) is 0.529. The minimum atomic E-state index is -3.72. The molecule has 1 rings (SSSR count). The summed E-state index contributed by atoms with van der Waals surface area (Å²) < 4.78 is 26.3. The van der Waals surface area contributed by atoms with Gasteiger partial charge in [0.1, 0.15) is 6.04 Å². The van der Waals surface area contributed by atoms with Gasteiger partial charge in [-0.25, -0.2) is 13.2 Å². The number of amides is 1. The lowest BCUT2D eigenvalue weighted by Gasteiger charge is -2.21. The summed E-state index contributed by atoms with van der Waals surface area (Å²) in [6.07, 6.45) is 1.81. The van der Waals surface area contributed by atoms with Gasteiger partial charge in [0, 0.05) is 18.7 Å². The predicted octanol–water partition coefficient (Wildman–Crippen LogP) is 2.09. The van der Waals surface area contributed by atoms with Crippen molar-refractivity contribution in [2.75, 3.05) is 7.05 Å². The highest BCUT2D eigenvalue weighted by atomic mass is 32.2. The van der Waals surface area contributed by atoms with Crippen LogP contribution in [-0.4, -0.2) is 48.8 Å². The monoisotopic (exact) mass is 370 g/mol. The van der Waals surface area contributed by atoms with Crippen molar-refractivity contribution in [3.05, 3.63) is 29.8 Å². The Morgan fingerprint density at radius 2 is 1.92 bits per heavy atom. The number of unbranched alkanes of at least 4 members (excludes halogenated alkanes) is 1. The van der Waals surface area contributed by atoms with E-state index >= 15 is 0 Å². The van der Waals surface area contributed by atoms with Gasteiger partial charge in [0.2, 0.25) is 10.0 Å². The van der Waals surface area contributed by atoms with Gasteiger partial charge in [0.15, 0.2) is 0 Å². The Labute approximate surface area is 149 Å². The van der Waals surface area contributed by atoms with Gasteiger partial charge >= 0.3 is 5.97 Å². The topological polar surface area (TPSA) is 104 Å². The second-order valence-corrected chi connectivity index (χ2v) is 8.15. The van der Waals surface area contributed by atoms with Crippen LogP contribution in [0.5, 0.6) is 0 Å². The number of carbonyl (C=O) groups is 2. The van der Waals surface area contributed by atoms with E-state index in [0.29, 0.717) is 12.8 Å². The molecule has 1 aromatic carbocycles. The molecule has 8 heteroatoms. The zero-order valence-electron chi connectivity index (χ0n) is 15.0. The predicted molar refractivity (Wildman–Crippen MR) is 94.9 cm³/mol. The van der Waals surface area contributed by atoms with Crippen LogP contribution in [0.2, 0.25) is 0 Å². The molecule has 0 fully saturated rings. The highest BCUT2D eigenvalue weighted by molar-refractivity contribution is 7.89. The molecular formula is C17H26N2O5S. The Kier molecular flexibility index (Phi) is 7.57. The minimum absolute atomic E-state index is 0.00298. The number of hydrogen-bond donors (Lipinski definition) is 2. The molecular weight excluding hydrogens is 344 g/mol. The number of carbonyl (C=O) groups excluding carboxylic acids is 1. The molecule has 0 heterocycles. The summed E-state index contributed by atoms with van der Waals surface area (Å²) in [6.45, 7) is 5.43. The van der Waals surface area contributed by atoms with Crippen molar-refractivity contribution in [3.63, 3.8) is 0 Å². The third kappa shape index (κ3) is 5.54. The Morgan fingerprint density at radius 1 is 1.28 bits per heavy atom. The van der Waals surface area contributed by atoms with E-state index in [0.717, 1.165) is 6.42 Å². The summed E-state index contributed by atoms with van der Waals surface area (Å²) in [5.41, 5.74) is 0.112. The summed E-state index contributed by atoms with van der Waals surface area (Å²) in [5.74, 6) is -1.71. The van der Waals surface area contributed by atoms with Crippen LogP contribution in [0.4, 0.5) is 0 Å². The number of hydrogen-bond acceptors (Lipinski definition) is 4. The van der Waals surface area contributed by atoms with Crippen molar-refractivity contribution in [1.82, 2.24) is 9.62 Å². The molecule has 0 aliphatic carbocycles. The van der Waals surface area contributed by atoms with E-state index in [1.807, 2.05) is 6.92 Å². The lowest BCUT2D eigenvalue weighted by Crippen LogP contribution is -2.40. The lowest BCUT2D eigenvalue weighted by atomic mass is 10.1. The molecule has 0 aliphatic rings. The zero-order chi connectivity index (χ0) is 19.2. The quantitative estimate of drug-likeness (QED) is 0.693. The molecule has 0 spiro atoms. The average Bonchev–Trinajstić information content (AvgIpc) is 2.57. The van der Waals surface area contributed by atoms with Gasteiger partial charge in [0.25, 0.3) is 5.91 Å². The minimum Gasteiger partial charge on any atom is -0.480 e. The van der Waals surface area contributed by atoms with Gasteiger partial charge in [-0.15, -0.1) is 0 Å². The molecule has 1 atom stereocenters. The number of sulfonamides is 1. The maximum absolute atomic E-state index is 12.5. The van der Waals surface area contributed by atoms with E-state index in [1.165, 1.54) is 35.6 Å². The van der Waals surface area contributed by atoms with Gasteiger partial charge in [-0.05, 0) is 38.5 Å². The fourth-order valence-electron chi connectivity index (χ4n) is 2.15. The first-order valence-electron chi connectivity index (χ1n) is 8.23. The highest BCUT2D eigenvalue weighted by Gasteiger charge is 2.25. The lowest BCUT2D eigenvalue weighted by molar-refractivity contribution is -0.139. The van der Waals surface area contributed by atoms with Crippen molar-refractivity contribution in [2.24, 2.45) is 0 Å². The fourth-order valence-corrected chi connectivity index (χ4v) is 3.56. The number of carboxylic acids is 1. The smallest absolute Gasteiger partial charge is 0.326 e. The first-order chi connectivity index (χ1) is 11.6. The van der Waals surface area contributed by atoms with Crippen molar-refractivity contribution in [3.8, 4) is 0 Å². The summed E-state index contributed by atoms with van der Waals surface area (Å²) >= 11 is 0. The second-order valence-electron chi connectivity index (χ2n) is 6.15. The number of nitrogens with zero attached hydrogens (tertiary/aromatic N) is 1. The summed E-state index contributed by atoms with van der Waals surface area (Å²) in [5, 5.41) is 11.6. The van der Waals surface area contributed by atoms with Crippen molar-refractivity contribution in [1.29, 1.82) is 0 Å². The van der Waals surface area contributed by atoms with E-state index in [9.17, 15) is 23.1 Å². The van der Waals surface area contributed by atoms with Gasteiger partial charge in [-0.3, -0.25) is 4.79 Å². The Bertz CT molecular complexity index is 716. The summed E-state index contributed by atoms with van der Waals surface area (Å²) in [7, 11) is -2.25. The first-order valence-corrected chi connectivity index (χ1v) is 9.67. The van der Waals surface area contributed by atoms with Crippen molar-refractivity contribution in [2.45, 2.75) is 57.0 Å². The molecule has 0 aliphatic heterocycles. The maximum Gasteiger partial charge on any atom is 0.326 e. The van der Waals surface area contributed by atoms with Crippen LogP contribution in [0.15, 0.2) is 29.2 Å².